The summed E-state index contributed by atoms with van der Waals surface area (Å²) >= 11 is 0. The van der Waals surface area contributed by atoms with Gasteiger partial charge in [-0.05, 0) is 57.6 Å². The Morgan fingerprint density at radius 2 is 2.15 bits per heavy atom. The molecule has 0 bridgehead atoms. The molecule has 0 spiro atoms. The number of rotatable bonds is 5. The van der Waals surface area contributed by atoms with E-state index < -0.39 is 0 Å². The van der Waals surface area contributed by atoms with Gasteiger partial charge in [-0.3, -0.25) is 0 Å². The minimum Gasteiger partial charge on any atom is -0.370 e. The van der Waals surface area contributed by atoms with Crippen molar-refractivity contribution in [3.05, 3.63) is 29.3 Å². The molecule has 1 N–H and O–H groups in total. The molecule has 20 heavy (non-hydrogen) atoms. The van der Waals surface area contributed by atoms with Crippen molar-refractivity contribution >= 4 is 5.69 Å². The number of hydrogen-bond acceptors (Lipinski definition) is 3. The van der Waals surface area contributed by atoms with Crippen LogP contribution < -0.4 is 10.2 Å². The third-order valence-electron chi connectivity index (χ3n) is 4.31. The molecule has 0 amide bonds. The van der Waals surface area contributed by atoms with Crippen LogP contribution in [0.25, 0.3) is 0 Å². The van der Waals surface area contributed by atoms with Gasteiger partial charge < -0.3 is 15.1 Å². The lowest BCUT2D eigenvalue weighted by Crippen LogP contribution is -2.45. The van der Waals surface area contributed by atoms with Gasteiger partial charge in [0, 0.05) is 31.4 Å². The van der Waals surface area contributed by atoms with Crippen LogP contribution in [-0.2, 0) is 6.54 Å². The van der Waals surface area contributed by atoms with Crippen molar-refractivity contribution in [1.82, 2.24) is 10.2 Å². The first-order valence-corrected chi connectivity index (χ1v) is 7.83. The standard InChI is InChI=1S/C17H29N3/c1-5-18-12-15-8-9-17(14(2)11-15)20-10-6-7-16(13-20)19(3)4/h8-9,11,16,18H,5-7,10,12-13H2,1-4H3. The first-order chi connectivity index (χ1) is 9.61. The van der Waals surface area contributed by atoms with Crippen molar-refractivity contribution in [3.8, 4) is 0 Å². The van der Waals surface area contributed by atoms with Gasteiger partial charge >= 0.3 is 0 Å². The summed E-state index contributed by atoms with van der Waals surface area (Å²) in [6.07, 6.45) is 2.61. The van der Waals surface area contributed by atoms with Gasteiger partial charge in [0.25, 0.3) is 0 Å². The number of nitrogens with one attached hydrogen (secondary N) is 1. The molecule has 3 heteroatoms. The number of anilines is 1. The zero-order chi connectivity index (χ0) is 14.5. The van der Waals surface area contributed by atoms with Crippen LogP contribution in [0.4, 0.5) is 5.69 Å². The van der Waals surface area contributed by atoms with Gasteiger partial charge in [-0.15, -0.1) is 0 Å². The topological polar surface area (TPSA) is 18.5 Å². The van der Waals surface area contributed by atoms with Gasteiger partial charge in [-0.1, -0.05) is 19.1 Å². The summed E-state index contributed by atoms with van der Waals surface area (Å²) in [6.45, 7) is 8.73. The SMILES string of the molecule is CCNCc1ccc(N2CCCC(N(C)C)C2)c(C)c1. The normalized spacial score (nSPS) is 19.6. The fourth-order valence-electron chi connectivity index (χ4n) is 3.05. The van der Waals surface area contributed by atoms with E-state index in [9.17, 15) is 0 Å². The van der Waals surface area contributed by atoms with Crippen LogP contribution in [0, 0.1) is 6.92 Å². The number of aryl methyl sites for hydroxylation is 1. The Balaban J connectivity index is 2.08. The Morgan fingerprint density at radius 3 is 2.80 bits per heavy atom. The summed E-state index contributed by atoms with van der Waals surface area (Å²) in [5.74, 6) is 0. The minimum absolute atomic E-state index is 0.685. The van der Waals surface area contributed by atoms with E-state index in [0.29, 0.717) is 6.04 Å². The van der Waals surface area contributed by atoms with Gasteiger partial charge in [0.05, 0.1) is 0 Å². The van der Waals surface area contributed by atoms with Crippen LogP contribution in [0.2, 0.25) is 0 Å². The number of benzene rings is 1. The maximum atomic E-state index is 3.39. The molecule has 1 heterocycles. The lowest BCUT2D eigenvalue weighted by atomic mass is 10.0. The second-order valence-corrected chi connectivity index (χ2v) is 6.11. The third kappa shape index (κ3) is 3.74. The maximum absolute atomic E-state index is 3.39. The van der Waals surface area contributed by atoms with Crippen molar-refractivity contribution in [2.45, 2.75) is 39.3 Å². The molecule has 1 aromatic rings. The van der Waals surface area contributed by atoms with E-state index in [4.69, 9.17) is 0 Å². The predicted octanol–water partition coefficient (Wildman–Crippen LogP) is 2.63. The molecule has 1 unspecified atom stereocenters. The quantitative estimate of drug-likeness (QED) is 0.891. The van der Waals surface area contributed by atoms with Crippen LogP contribution in [-0.4, -0.2) is 44.7 Å². The van der Waals surface area contributed by atoms with Crippen molar-refractivity contribution in [2.24, 2.45) is 0 Å². The lowest BCUT2D eigenvalue weighted by Gasteiger charge is -2.38. The molecule has 0 aromatic heterocycles. The molecule has 0 aliphatic carbocycles. The third-order valence-corrected chi connectivity index (χ3v) is 4.31. The predicted molar refractivity (Wildman–Crippen MR) is 87.5 cm³/mol. The maximum Gasteiger partial charge on any atom is 0.0396 e. The molecule has 112 valence electrons. The second-order valence-electron chi connectivity index (χ2n) is 6.11. The van der Waals surface area contributed by atoms with E-state index in [1.165, 1.54) is 36.2 Å². The summed E-state index contributed by atoms with van der Waals surface area (Å²) in [5, 5.41) is 3.39. The van der Waals surface area contributed by atoms with Gasteiger partial charge in [0.15, 0.2) is 0 Å². The molecule has 1 saturated heterocycles. The van der Waals surface area contributed by atoms with E-state index in [-0.39, 0.29) is 0 Å². The molecular formula is C17H29N3. The monoisotopic (exact) mass is 275 g/mol. The van der Waals surface area contributed by atoms with E-state index in [0.717, 1.165) is 19.6 Å². The van der Waals surface area contributed by atoms with Crippen LogP contribution >= 0.6 is 0 Å². The molecule has 1 fully saturated rings. The van der Waals surface area contributed by atoms with E-state index >= 15 is 0 Å². The Labute approximate surface area is 124 Å². The molecule has 0 radical (unpaired) electrons. The highest BCUT2D eigenvalue weighted by molar-refractivity contribution is 5.55. The summed E-state index contributed by atoms with van der Waals surface area (Å²) in [6, 6.07) is 7.59. The highest BCUT2D eigenvalue weighted by Gasteiger charge is 2.22. The van der Waals surface area contributed by atoms with Crippen molar-refractivity contribution in [1.29, 1.82) is 0 Å². The van der Waals surface area contributed by atoms with E-state index in [2.05, 4.69) is 61.3 Å². The second kappa shape index (κ2) is 7.09. The highest BCUT2D eigenvalue weighted by Crippen LogP contribution is 2.25. The zero-order valence-corrected chi connectivity index (χ0v) is 13.4. The van der Waals surface area contributed by atoms with Gasteiger partial charge in [0.1, 0.15) is 0 Å². The Hall–Kier alpha value is -1.06. The number of hydrogen-bond donors (Lipinski definition) is 1. The van der Waals surface area contributed by atoms with E-state index in [1.807, 2.05) is 0 Å². The molecule has 3 nitrogen and oxygen atoms in total. The van der Waals surface area contributed by atoms with Gasteiger partial charge in [-0.2, -0.15) is 0 Å². The Morgan fingerprint density at radius 1 is 1.35 bits per heavy atom. The summed E-state index contributed by atoms with van der Waals surface area (Å²) in [7, 11) is 4.39. The average molecular weight is 275 g/mol. The number of piperidine rings is 1. The van der Waals surface area contributed by atoms with Gasteiger partial charge in [0.2, 0.25) is 0 Å². The Kier molecular flexibility index (Phi) is 5.44. The number of nitrogens with zero attached hydrogens (tertiary/aromatic N) is 2. The van der Waals surface area contributed by atoms with E-state index in [1.54, 1.807) is 0 Å². The zero-order valence-electron chi connectivity index (χ0n) is 13.4. The minimum atomic E-state index is 0.685. The van der Waals surface area contributed by atoms with Crippen molar-refractivity contribution in [3.63, 3.8) is 0 Å². The number of likely N-dealkylation sites (N-methyl/N-ethyl adjacent to an activating group) is 1. The average Bonchev–Trinajstić information content (AvgIpc) is 2.45. The van der Waals surface area contributed by atoms with Crippen LogP contribution in [0.3, 0.4) is 0 Å². The van der Waals surface area contributed by atoms with Crippen LogP contribution in [0.1, 0.15) is 30.9 Å². The smallest absolute Gasteiger partial charge is 0.0396 e. The first-order valence-electron chi connectivity index (χ1n) is 7.83. The van der Waals surface area contributed by atoms with Crippen LogP contribution in [0.15, 0.2) is 18.2 Å². The van der Waals surface area contributed by atoms with Crippen LogP contribution in [0.5, 0.6) is 0 Å². The molecule has 1 aliphatic rings. The highest BCUT2D eigenvalue weighted by atomic mass is 15.2. The fraction of sp³-hybridized carbons (Fsp3) is 0.647. The van der Waals surface area contributed by atoms with Crippen molar-refractivity contribution in [2.75, 3.05) is 38.6 Å². The molecule has 1 atom stereocenters. The lowest BCUT2D eigenvalue weighted by molar-refractivity contribution is 0.258. The molecule has 1 aromatic carbocycles. The fourth-order valence-corrected chi connectivity index (χ4v) is 3.05. The Bertz CT molecular complexity index is 428. The summed E-state index contributed by atoms with van der Waals surface area (Å²) in [5.41, 5.74) is 4.20. The first kappa shape index (κ1) is 15.3. The van der Waals surface area contributed by atoms with Gasteiger partial charge in [-0.25, -0.2) is 0 Å². The molecule has 2 rings (SSSR count). The largest absolute Gasteiger partial charge is 0.370 e. The molecular weight excluding hydrogens is 246 g/mol. The molecule has 0 saturated carbocycles. The molecule has 1 aliphatic heterocycles. The van der Waals surface area contributed by atoms with Crippen molar-refractivity contribution < 1.29 is 0 Å². The summed E-state index contributed by atoms with van der Waals surface area (Å²) in [4.78, 5) is 4.92. The summed E-state index contributed by atoms with van der Waals surface area (Å²) < 4.78 is 0.